The summed E-state index contributed by atoms with van der Waals surface area (Å²) in [6, 6.07) is 14.4. The first kappa shape index (κ1) is 20.7. The topological polar surface area (TPSA) is 67.9 Å². The van der Waals surface area contributed by atoms with Crippen LogP contribution in [0.1, 0.15) is 42.5 Å². The first-order chi connectivity index (χ1) is 14.1. The van der Waals surface area contributed by atoms with Crippen LogP contribution in [0.4, 0.5) is 5.69 Å². The monoisotopic (exact) mass is 396 g/mol. The normalized spacial score (nSPS) is 14.1. The fourth-order valence-corrected chi connectivity index (χ4v) is 3.61. The summed E-state index contributed by atoms with van der Waals surface area (Å²) in [6.45, 7) is -0.146. The lowest BCUT2D eigenvalue weighted by molar-refractivity contribution is -0.118. The number of benzene rings is 2. The van der Waals surface area contributed by atoms with Crippen molar-refractivity contribution in [3.63, 3.8) is 0 Å². The number of carbonyl (C=O) groups excluding carboxylic acids is 2. The van der Waals surface area contributed by atoms with E-state index in [1.54, 1.807) is 49.6 Å². The number of nitrogens with zero attached hydrogens (tertiary/aromatic N) is 1. The van der Waals surface area contributed by atoms with E-state index in [1.807, 2.05) is 18.0 Å². The molecule has 2 amide bonds. The minimum Gasteiger partial charge on any atom is -0.497 e. The van der Waals surface area contributed by atoms with Crippen molar-refractivity contribution in [3.8, 4) is 11.5 Å². The molecule has 0 bridgehead atoms. The van der Waals surface area contributed by atoms with Crippen LogP contribution in [0.5, 0.6) is 11.5 Å². The van der Waals surface area contributed by atoms with Gasteiger partial charge in [-0.3, -0.25) is 9.59 Å². The minimum atomic E-state index is -0.318. The van der Waals surface area contributed by atoms with Gasteiger partial charge < -0.3 is 19.7 Å². The molecule has 154 valence electrons. The molecular formula is C23H28N2O4. The van der Waals surface area contributed by atoms with Gasteiger partial charge in [0.25, 0.3) is 11.8 Å². The van der Waals surface area contributed by atoms with Gasteiger partial charge in [-0.05, 0) is 49.2 Å². The molecule has 6 nitrogen and oxygen atoms in total. The highest BCUT2D eigenvalue weighted by atomic mass is 16.5. The first-order valence-corrected chi connectivity index (χ1v) is 10.0. The van der Waals surface area contributed by atoms with E-state index in [9.17, 15) is 9.59 Å². The van der Waals surface area contributed by atoms with E-state index in [4.69, 9.17) is 9.47 Å². The van der Waals surface area contributed by atoms with E-state index in [0.29, 0.717) is 17.0 Å². The second kappa shape index (κ2) is 9.96. The molecular weight excluding hydrogens is 368 g/mol. The highest BCUT2D eigenvalue weighted by molar-refractivity contribution is 6.04. The van der Waals surface area contributed by atoms with Crippen molar-refractivity contribution < 1.29 is 19.1 Å². The highest BCUT2D eigenvalue weighted by Gasteiger charge is 2.24. The molecule has 0 heterocycles. The van der Waals surface area contributed by atoms with Gasteiger partial charge in [-0.1, -0.05) is 31.4 Å². The van der Waals surface area contributed by atoms with E-state index >= 15 is 0 Å². The van der Waals surface area contributed by atoms with Gasteiger partial charge in [0.2, 0.25) is 0 Å². The third kappa shape index (κ3) is 5.50. The van der Waals surface area contributed by atoms with E-state index in [-0.39, 0.29) is 24.5 Å². The van der Waals surface area contributed by atoms with Crippen LogP contribution in [0.2, 0.25) is 0 Å². The van der Waals surface area contributed by atoms with Gasteiger partial charge in [0.15, 0.2) is 6.61 Å². The number of nitrogens with one attached hydrogen (secondary N) is 1. The van der Waals surface area contributed by atoms with Gasteiger partial charge in [-0.25, -0.2) is 0 Å². The zero-order chi connectivity index (χ0) is 20.6. The van der Waals surface area contributed by atoms with Crippen molar-refractivity contribution in [1.82, 2.24) is 4.90 Å². The van der Waals surface area contributed by atoms with E-state index in [0.717, 1.165) is 31.4 Å². The van der Waals surface area contributed by atoms with Gasteiger partial charge in [0, 0.05) is 13.1 Å². The van der Waals surface area contributed by atoms with Crippen LogP contribution in [-0.2, 0) is 4.79 Å². The second-order valence-electron chi connectivity index (χ2n) is 7.27. The zero-order valence-corrected chi connectivity index (χ0v) is 17.0. The number of rotatable bonds is 7. The number of ether oxygens (including phenoxy) is 2. The molecule has 0 unspecified atom stereocenters. The molecule has 1 N–H and O–H groups in total. The number of para-hydroxylation sites is 1. The number of hydrogen-bond donors (Lipinski definition) is 1. The molecule has 29 heavy (non-hydrogen) atoms. The minimum absolute atomic E-state index is 0.0659. The van der Waals surface area contributed by atoms with Gasteiger partial charge >= 0.3 is 0 Å². The highest BCUT2D eigenvalue weighted by Crippen LogP contribution is 2.25. The summed E-state index contributed by atoms with van der Waals surface area (Å²) in [5.74, 6) is 0.906. The lowest BCUT2D eigenvalue weighted by Gasteiger charge is -2.31. The Labute approximate surface area is 171 Å². The van der Waals surface area contributed by atoms with Gasteiger partial charge in [0.1, 0.15) is 11.5 Å². The fraction of sp³-hybridized carbons (Fsp3) is 0.391. The first-order valence-electron chi connectivity index (χ1n) is 10.0. The van der Waals surface area contributed by atoms with E-state index in [2.05, 4.69) is 5.32 Å². The molecule has 3 rings (SSSR count). The fourth-order valence-electron chi connectivity index (χ4n) is 3.61. The van der Waals surface area contributed by atoms with Crippen LogP contribution >= 0.6 is 0 Å². The molecule has 1 aliphatic rings. The van der Waals surface area contributed by atoms with Crippen LogP contribution in [0.3, 0.4) is 0 Å². The summed E-state index contributed by atoms with van der Waals surface area (Å²) >= 11 is 0. The van der Waals surface area contributed by atoms with Gasteiger partial charge in [-0.2, -0.15) is 0 Å². The van der Waals surface area contributed by atoms with Crippen molar-refractivity contribution in [3.05, 3.63) is 54.1 Å². The predicted molar refractivity (Wildman–Crippen MR) is 113 cm³/mol. The molecule has 0 aliphatic heterocycles. The molecule has 2 aromatic carbocycles. The van der Waals surface area contributed by atoms with E-state index < -0.39 is 0 Å². The molecule has 2 aromatic rings. The maximum Gasteiger partial charge on any atom is 0.262 e. The lowest BCUT2D eigenvalue weighted by Crippen LogP contribution is -2.38. The number of hydrogen-bond acceptors (Lipinski definition) is 4. The van der Waals surface area contributed by atoms with Crippen molar-refractivity contribution in [2.24, 2.45) is 0 Å². The molecule has 1 fully saturated rings. The Balaban J connectivity index is 1.61. The summed E-state index contributed by atoms with van der Waals surface area (Å²) < 4.78 is 10.6. The summed E-state index contributed by atoms with van der Waals surface area (Å²) in [6.07, 6.45) is 5.62. The summed E-state index contributed by atoms with van der Waals surface area (Å²) in [5, 5.41) is 2.81. The smallest absolute Gasteiger partial charge is 0.262 e. The van der Waals surface area contributed by atoms with Gasteiger partial charge in [0.05, 0.1) is 18.4 Å². The second-order valence-corrected chi connectivity index (χ2v) is 7.27. The molecule has 0 radical (unpaired) electrons. The largest absolute Gasteiger partial charge is 0.497 e. The molecule has 1 aliphatic carbocycles. The van der Waals surface area contributed by atoms with Crippen LogP contribution in [0.15, 0.2) is 48.5 Å². The quantitative estimate of drug-likeness (QED) is 0.765. The predicted octanol–water partition coefficient (Wildman–Crippen LogP) is 4.12. The Morgan fingerprint density at radius 3 is 2.34 bits per heavy atom. The number of methoxy groups -OCH3 is 1. The SMILES string of the molecule is COc1ccc(OCC(=O)Nc2ccccc2C(=O)N(C)C2CCCCC2)cc1. The van der Waals surface area contributed by atoms with Crippen LogP contribution in [0.25, 0.3) is 0 Å². The third-order valence-corrected chi connectivity index (χ3v) is 5.30. The Morgan fingerprint density at radius 1 is 1.00 bits per heavy atom. The number of amides is 2. The molecule has 0 atom stereocenters. The Bertz CT molecular complexity index is 829. The maximum absolute atomic E-state index is 13.0. The molecule has 0 saturated heterocycles. The Morgan fingerprint density at radius 2 is 1.66 bits per heavy atom. The molecule has 0 aromatic heterocycles. The van der Waals surface area contributed by atoms with Crippen molar-refractivity contribution in [2.45, 2.75) is 38.1 Å². The summed E-state index contributed by atoms with van der Waals surface area (Å²) in [7, 11) is 3.44. The lowest BCUT2D eigenvalue weighted by atomic mass is 9.94. The summed E-state index contributed by atoms with van der Waals surface area (Å²) in [5.41, 5.74) is 1.00. The average molecular weight is 396 g/mol. The average Bonchev–Trinajstić information content (AvgIpc) is 2.78. The maximum atomic E-state index is 13.0. The standard InChI is InChI=1S/C23H28N2O4/c1-25(17-8-4-3-5-9-17)23(27)20-10-6-7-11-21(20)24-22(26)16-29-19-14-12-18(28-2)13-15-19/h6-7,10-15,17H,3-5,8-9,16H2,1-2H3,(H,24,26). The van der Waals surface area contributed by atoms with Crippen molar-refractivity contribution >= 4 is 17.5 Å². The molecule has 1 saturated carbocycles. The summed E-state index contributed by atoms with van der Waals surface area (Å²) in [4.78, 5) is 27.2. The van der Waals surface area contributed by atoms with Crippen LogP contribution in [0, 0.1) is 0 Å². The number of anilines is 1. The number of carbonyl (C=O) groups is 2. The third-order valence-electron chi connectivity index (χ3n) is 5.30. The van der Waals surface area contributed by atoms with Gasteiger partial charge in [-0.15, -0.1) is 0 Å². The van der Waals surface area contributed by atoms with Crippen LogP contribution < -0.4 is 14.8 Å². The Kier molecular flexibility index (Phi) is 7.11. The van der Waals surface area contributed by atoms with E-state index in [1.165, 1.54) is 6.42 Å². The van der Waals surface area contributed by atoms with Crippen molar-refractivity contribution in [2.75, 3.05) is 26.1 Å². The zero-order valence-electron chi connectivity index (χ0n) is 17.0. The van der Waals surface area contributed by atoms with Crippen LogP contribution in [-0.4, -0.2) is 43.5 Å². The Hall–Kier alpha value is -3.02. The molecule has 6 heteroatoms. The van der Waals surface area contributed by atoms with Crippen molar-refractivity contribution in [1.29, 1.82) is 0 Å². The molecule has 0 spiro atoms.